The first-order chi connectivity index (χ1) is 6.13. The Morgan fingerprint density at radius 1 is 0.769 bits per heavy atom. The predicted molar refractivity (Wildman–Crippen MR) is 63.2 cm³/mol. The van der Waals surface area contributed by atoms with Gasteiger partial charge < -0.3 is 0 Å². The Morgan fingerprint density at radius 2 is 1.31 bits per heavy atom. The van der Waals surface area contributed by atoms with Gasteiger partial charge in [-0.3, -0.25) is 0 Å². The molecule has 0 amide bonds. The molecule has 0 radical (unpaired) electrons. The Kier molecular flexibility index (Phi) is 10.1. The van der Waals surface area contributed by atoms with Crippen LogP contribution in [0.2, 0.25) is 0 Å². The third kappa shape index (κ3) is 12.9. The molecule has 0 aromatic heterocycles. The summed E-state index contributed by atoms with van der Waals surface area (Å²) < 4.78 is 0. The molecule has 0 aromatic rings. The van der Waals surface area contributed by atoms with Crippen molar-refractivity contribution in [2.24, 2.45) is 0 Å². The van der Waals surface area contributed by atoms with Crippen LogP contribution in [0.15, 0.2) is 12.2 Å². The second kappa shape index (κ2) is 9.45. The molecule has 78 valence electrons. The summed E-state index contributed by atoms with van der Waals surface area (Å²) in [4.78, 5) is -0.483. The van der Waals surface area contributed by atoms with Crippen LogP contribution in [-0.2, 0) is 0 Å². The van der Waals surface area contributed by atoms with Crippen molar-refractivity contribution in [3.8, 4) is 0 Å². The van der Waals surface area contributed by atoms with Gasteiger partial charge in [0.15, 0.2) is 0 Å². The summed E-state index contributed by atoms with van der Waals surface area (Å²) in [5.41, 5.74) is 0. The molecular formula is C9H14Cl4. The fourth-order valence-electron chi connectivity index (χ4n) is 0.848. The van der Waals surface area contributed by atoms with E-state index in [1.54, 1.807) is 0 Å². The maximum absolute atomic E-state index is 5.57. The smallest absolute Gasteiger partial charge is 0.105 e. The normalized spacial score (nSPS) is 12.2. The van der Waals surface area contributed by atoms with Gasteiger partial charge in [-0.05, 0) is 32.1 Å². The standard InChI is InChI=1S/C9H14Cl4/c10-8(11)6-4-2-1-3-5-7-9(12)13/h1-2,8-9H,3-7H2. The first kappa shape index (κ1) is 13.9. The lowest BCUT2D eigenvalue weighted by Gasteiger charge is -1.97. The highest BCUT2D eigenvalue weighted by Crippen LogP contribution is 2.12. The maximum atomic E-state index is 5.57. The molecule has 0 rings (SSSR count). The number of allylic oxidation sites excluding steroid dienone is 2. The summed E-state index contributed by atoms with van der Waals surface area (Å²) in [6.07, 6.45) is 8.85. The van der Waals surface area contributed by atoms with Crippen LogP contribution in [0.5, 0.6) is 0 Å². The minimum Gasteiger partial charge on any atom is -0.105 e. The molecule has 0 saturated heterocycles. The van der Waals surface area contributed by atoms with E-state index in [2.05, 4.69) is 12.2 Å². The van der Waals surface area contributed by atoms with Gasteiger partial charge in [-0.25, -0.2) is 0 Å². The van der Waals surface area contributed by atoms with E-state index >= 15 is 0 Å². The second-order valence-electron chi connectivity index (χ2n) is 2.76. The number of rotatable bonds is 7. The number of halogens is 4. The van der Waals surface area contributed by atoms with Crippen LogP contribution < -0.4 is 0 Å². The summed E-state index contributed by atoms with van der Waals surface area (Å²) in [5, 5.41) is 0. The van der Waals surface area contributed by atoms with E-state index in [9.17, 15) is 0 Å². The number of hydrogen-bond donors (Lipinski definition) is 0. The molecule has 0 aromatic carbocycles. The quantitative estimate of drug-likeness (QED) is 0.341. The second-order valence-corrected chi connectivity index (χ2v) is 5.32. The van der Waals surface area contributed by atoms with Crippen molar-refractivity contribution in [3.05, 3.63) is 12.2 Å². The lowest BCUT2D eigenvalue weighted by molar-refractivity contribution is 0.791. The van der Waals surface area contributed by atoms with Crippen molar-refractivity contribution >= 4 is 46.4 Å². The molecule has 0 saturated carbocycles. The van der Waals surface area contributed by atoms with Gasteiger partial charge in [0.1, 0.15) is 9.67 Å². The highest BCUT2D eigenvalue weighted by atomic mass is 35.5. The summed E-state index contributed by atoms with van der Waals surface area (Å²) in [5.74, 6) is 0. The van der Waals surface area contributed by atoms with E-state index in [1.165, 1.54) is 0 Å². The van der Waals surface area contributed by atoms with Crippen molar-refractivity contribution in [3.63, 3.8) is 0 Å². The Bertz CT molecular complexity index is 132. The number of alkyl halides is 4. The van der Waals surface area contributed by atoms with Gasteiger partial charge in [0.2, 0.25) is 0 Å². The third-order valence-corrected chi connectivity index (χ3v) is 2.38. The maximum Gasteiger partial charge on any atom is 0.108 e. The van der Waals surface area contributed by atoms with Crippen molar-refractivity contribution < 1.29 is 0 Å². The number of unbranched alkanes of at least 4 members (excludes halogenated alkanes) is 1. The molecule has 0 atom stereocenters. The van der Waals surface area contributed by atoms with Crippen LogP contribution in [0.4, 0.5) is 0 Å². The molecule has 0 aliphatic heterocycles. The van der Waals surface area contributed by atoms with Gasteiger partial charge in [0, 0.05) is 0 Å². The number of hydrogen-bond acceptors (Lipinski definition) is 0. The molecule has 13 heavy (non-hydrogen) atoms. The summed E-state index contributed by atoms with van der Waals surface area (Å²) >= 11 is 22.2. The zero-order chi connectivity index (χ0) is 10.1. The van der Waals surface area contributed by atoms with Gasteiger partial charge in [0.05, 0.1) is 0 Å². The minimum absolute atomic E-state index is 0.233. The first-order valence-electron chi connectivity index (χ1n) is 4.34. The van der Waals surface area contributed by atoms with Crippen molar-refractivity contribution in [1.29, 1.82) is 0 Å². The lowest BCUT2D eigenvalue weighted by atomic mass is 10.2. The van der Waals surface area contributed by atoms with Gasteiger partial charge in [0.25, 0.3) is 0 Å². The molecule has 0 unspecified atom stereocenters. The zero-order valence-electron chi connectivity index (χ0n) is 7.36. The Labute approximate surface area is 100 Å². The Morgan fingerprint density at radius 3 is 1.85 bits per heavy atom. The third-order valence-electron chi connectivity index (χ3n) is 1.51. The first-order valence-corrected chi connectivity index (χ1v) is 6.08. The molecule has 0 aliphatic carbocycles. The summed E-state index contributed by atoms with van der Waals surface area (Å²) in [6.45, 7) is 0. The fourth-order valence-corrected chi connectivity index (χ4v) is 1.41. The van der Waals surface area contributed by atoms with Crippen LogP contribution in [0, 0.1) is 0 Å². The summed E-state index contributed by atoms with van der Waals surface area (Å²) in [6, 6.07) is 0. The van der Waals surface area contributed by atoms with Crippen LogP contribution in [-0.4, -0.2) is 9.67 Å². The lowest BCUT2D eigenvalue weighted by Crippen LogP contribution is -1.85. The summed E-state index contributed by atoms with van der Waals surface area (Å²) in [7, 11) is 0. The van der Waals surface area contributed by atoms with E-state index < -0.39 is 0 Å². The van der Waals surface area contributed by atoms with Gasteiger partial charge in [-0.2, -0.15) is 0 Å². The van der Waals surface area contributed by atoms with Crippen molar-refractivity contribution in [2.75, 3.05) is 0 Å². The molecule has 0 fully saturated rings. The average Bonchev–Trinajstić information content (AvgIpc) is 2.01. The largest absolute Gasteiger partial charge is 0.108 e. The van der Waals surface area contributed by atoms with E-state index in [0.29, 0.717) is 0 Å². The highest BCUT2D eigenvalue weighted by Gasteiger charge is 1.96. The molecule has 0 spiro atoms. The average molecular weight is 264 g/mol. The van der Waals surface area contributed by atoms with Crippen molar-refractivity contribution in [1.82, 2.24) is 0 Å². The SMILES string of the molecule is ClC(Cl)CCC=CCCCC(Cl)Cl. The van der Waals surface area contributed by atoms with Gasteiger partial charge in [-0.1, -0.05) is 12.2 Å². The van der Waals surface area contributed by atoms with Crippen LogP contribution in [0.3, 0.4) is 0 Å². The fraction of sp³-hybridized carbons (Fsp3) is 0.778. The van der Waals surface area contributed by atoms with Crippen LogP contribution in [0.1, 0.15) is 32.1 Å². The van der Waals surface area contributed by atoms with Gasteiger partial charge in [-0.15, -0.1) is 46.4 Å². The molecule has 0 heterocycles. The monoisotopic (exact) mass is 262 g/mol. The van der Waals surface area contributed by atoms with E-state index in [4.69, 9.17) is 46.4 Å². The molecule has 0 nitrogen and oxygen atoms in total. The topological polar surface area (TPSA) is 0 Å². The highest BCUT2D eigenvalue weighted by molar-refractivity contribution is 6.44. The van der Waals surface area contributed by atoms with E-state index in [-0.39, 0.29) is 9.67 Å². The molecule has 0 aliphatic rings. The minimum atomic E-state index is -0.250. The molecule has 0 N–H and O–H groups in total. The van der Waals surface area contributed by atoms with Crippen molar-refractivity contribution in [2.45, 2.75) is 41.8 Å². The molecule has 4 heteroatoms. The molecule has 0 bridgehead atoms. The predicted octanol–water partition coefficient (Wildman–Crippen LogP) is 5.10. The zero-order valence-corrected chi connectivity index (χ0v) is 10.4. The van der Waals surface area contributed by atoms with E-state index in [0.717, 1.165) is 32.1 Å². The Balaban J connectivity index is 3.13. The van der Waals surface area contributed by atoms with Crippen LogP contribution in [0.25, 0.3) is 0 Å². The van der Waals surface area contributed by atoms with Gasteiger partial charge >= 0.3 is 0 Å². The Hall–Kier alpha value is 0.900. The molecular weight excluding hydrogens is 250 g/mol. The van der Waals surface area contributed by atoms with E-state index in [1.807, 2.05) is 0 Å². The van der Waals surface area contributed by atoms with Crippen LogP contribution >= 0.6 is 46.4 Å².